The second-order valence-electron chi connectivity index (χ2n) is 5.90. The Hall–Kier alpha value is -2.51. The smallest absolute Gasteiger partial charge is 0.142 e. The van der Waals surface area contributed by atoms with Gasteiger partial charge in [-0.25, -0.2) is 14.6 Å². The molecule has 0 unspecified atom stereocenters. The molecule has 1 aliphatic rings. The van der Waals surface area contributed by atoms with Gasteiger partial charge in [-0.1, -0.05) is 28.9 Å². The Kier molecular flexibility index (Phi) is 3.47. The summed E-state index contributed by atoms with van der Waals surface area (Å²) in [5.74, 6) is 0.764. The number of aliphatic hydroxyl groups is 1. The van der Waals surface area contributed by atoms with Crippen LogP contribution in [0.25, 0.3) is 11.3 Å². The molecule has 2 aromatic heterocycles. The molecule has 24 heavy (non-hydrogen) atoms. The molecule has 0 saturated carbocycles. The first-order valence-corrected chi connectivity index (χ1v) is 7.83. The van der Waals surface area contributed by atoms with E-state index in [-0.39, 0.29) is 0 Å². The largest absolute Gasteiger partial charge is 0.380 e. The van der Waals surface area contributed by atoms with Crippen molar-refractivity contribution in [1.82, 2.24) is 25.0 Å². The number of anilines is 1. The second-order valence-corrected chi connectivity index (χ2v) is 6.34. The predicted octanol–water partition coefficient (Wildman–Crippen LogP) is 1.63. The third-order valence-corrected chi connectivity index (χ3v) is 4.43. The second kappa shape index (κ2) is 5.54. The number of halogens is 1. The third-order valence-electron chi connectivity index (χ3n) is 4.19. The van der Waals surface area contributed by atoms with E-state index in [1.165, 1.54) is 6.33 Å². The minimum atomic E-state index is -0.959. The van der Waals surface area contributed by atoms with Gasteiger partial charge in [-0.15, -0.1) is 5.10 Å². The van der Waals surface area contributed by atoms with E-state index < -0.39 is 5.60 Å². The molecule has 0 aliphatic carbocycles. The van der Waals surface area contributed by atoms with Gasteiger partial charge < -0.3 is 10.0 Å². The Labute approximate surface area is 143 Å². The molecule has 1 fully saturated rings. The van der Waals surface area contributed by atoms with Crippen molar-refractivity contribution in [3.63, 3.8) is 0 Å². The van der Waals surface area contributed by atoms with Crippen LogP contribution >= 0.6 is 11.6 Å². The van der Waals surface area contributed by atoms with Crippen LogP contribution in [0.5, 0.6) is 0 Å². The van der Waals surface area contributed by atoms with Crippen molar-refractivity contribution in [2.75, 3.05) is 18.0 Å². The number of rotatable bonds is 3. The highest BCUT2D eigenvalue weighted by Crippen LogP contribution is 2.34. The Morgan fingerprint density at radius 3 is 2.75 bits per heavy atom. The lowest BCUT2D eigenvalue weighted by molar-refractivity contribution is -0.000504. The fraction of sp³-hybridized carbons (Fsp3) is 0.250. The summed E-state index contributed by atoms with van der Waals surface area (Å²) in [4.78, 5) is 10.6. The van der Waals surface area contributed by atoms with E-state index in [4.69, 9.17) is 11.6 Å². The molecule has 1 saturated heterocycles. The van der Waals surface area contributed by atoms with Crippen LogP contribution in [0.15, 0.2) is 42.9 Å². The van der Waals surface area contributed by atoms with Gasteiger partial charge in [-0.2, -0.15) is 0 Å². The Bertz CT molecular complexity index is 890. The van der Waals surface area contributed by atoms with Crippen LogP contribution in [0.4, 0.5) is 5.82 Å². The quantitative estimate of drug-likeness (QED) is 0.779. The molecule has 1 N–H and O–H groups in total. The van der Waals surface area contributed by atoms with Gasteiger partial charge in [-0.05, 0) is 12.1 Å². The van der Waals surface area contributed by atoms with E-state index in [9.17, 15) is 5.11 Å². The van der Waals surface area contributed by atoms with Crippen molar-refractivity contribution in [3.05, 3.63) is 53.6 Å². The molecule has 0 spiro atoms. The fourth-order valence-electron chi connectivity index (χ4n) is 2.95. The summed E-state index contributed by atoms with van der Waals surface area (Å²) >= 11 is 6.04. The Morgan fingerprint density at radius 2 is 2.04 bits per heavy atom. The molecule has 0 bridgehead atoms. The number of hydrogen-bond acceptors (Lipinski definition) is 6. The summed E-state index contributed by atoms with van der Waals surface area (Å²) in [5.41, 5.74) is 1.46. The topological polar surface area (TPSA) is 80.0 Å². The minimum Gasteiger partial charge on any atom is -0.380 e. The van der Waals surface area contributed by atoms with E-state index in [1.807, 2.05) is 35.2 Å². The molecule has 8 heteroatoms. The zero-order valence-electron chi connectivity index (χ0n) is 13.0. The van der Waals surface area contributed by atoms with Crippen molar-refractivity contribution >= 4 is 17.4 Å². The number of benzene rings is 1. The summed E-state index contributed by atoms with van der Waals surface area (Å²) in [6.45, 7) is 0.862. The molecule has 7 nitrogen and oxygen atoms in total. The van der Waals surface area contributed by atoms with Crippen LogP contribution in [0.2, 0.25) is 5.02 Å². The first-order valence-electron chi connectivity index (χ1n) is 7.46. The van der Waals surface area contributed by atoms with E-state index >= 15 is 0 Å². The average molecular weight is 343 g/mol. The Balaban J connectivity index is 1.57. The fourth-order valence-corrected chi connectivity index (χ4v) is 3.14. The number of aryl methyl sites for hydroxylation is 1. The molecule has 3 heterocycles. The zero-order valence-corrected chi connectivity index (χ0v) is 13.7. The normalized spacial score (nSPS) is 16.0. The maximum Gasteiger partial charge on any atom is 0.142 e. The monoisotopic (exact) mass is 342 g/mol. The highest BCUT2D eigenvalue weighted by molar-refractivity contribution is 6.30. The van der Waals surface area contributed by atoms with Gasteiger partial charge in [0.1, 0.15) is 17.7 Å². The molecule has 3 aromatic rings. The maximum atomic E-state index is 10.7. The minimum absolute atomic E-state index is 0.431. The molecular formula is C16H15ClN6O. The van der Waals surface area contributed by atoms with Gasteiger partial charge in [0.25, 0.3) is 0 Å². The Morgan fingerprint density at radius 1 is 1.21 bits per heavy atom. The van der Waals surface area contributed by atoms with Crippen molar-refractivity contribution < 1.29 is 5.11 Å². The predicted molar refractivity (Wildman–Crippen MR) is 89.6 cm³/mol. The van der Waals surface area contributed by atoms with Gasteiger partial charge in [0.2, 0.25) is 0 Å². The average Bonchev–Trinajstić information content (AvgIpc) is 2.98. The van der Waals surface area contributed by atoms with Crippen molar-refractivity contribution in [1.29, 1.82) is 0 Å². The van der Waals surface area contributed by atoms with Gasteiger partial charge >= 0.3 is 0 Å². The SMILES string of the molecule is Cn1nncc1C1(O)CN(c2cc(-c3cccc(Cl)c3)ncn2)C1. The van der Waals surface area contributed by atoms with Crippen LogP contribution in [0.1, 0.15) is 5.69 Å². The van der Waals surface area contributed by atoms with Crippen LogP contribution < -0.4 is 4.90 Å². The van der Waals surface area contributed by atoms with Crippen LogP contribution in [-0.2, 0) is 12.6 Å². The van der Waals surface area contributed by atoms with E-state index in [0.29, 0.717) is 23.8 Å². The molecule has 122 valence electrons. The molecule has 0 amide bonds. The van der Waals surface area contributed by atoms with E-state index in [1.54, 1.807) is 17.9 Å². The van der Waals surface area contributed by atoms with Gasteiger partial charge in [0.05, 0.1) is 30.7 Å². The summed E-state index contributed by atoms with van der Waals surface area (Å²) in [7, 11) is 1.77. The van der Waals surface area contributed by atoms with Crippen LogP contribution in [-0.4, -0.2) is 43.2 Å². The number of nitrogens with zero attached hydrogens (tertiary/aromatic N) is 6. The molecule has 1 aliphatic heterocycles. The third kappa shape index (κ3) is 2.51. The highest BCUT2D eigenvalue weighted by atomic mass is 35.5. The molecular weight excluding hydrogens is 328 g/mol. The van der Waals surface area contributed by atoms with E-state index in [2.05, 4.69) is 20.3 Å². The number of hydrogen-bond donors (Lipinski definition) is 1. The summed E-state index contributed by atoms with van der Waals surface area (Å²) in [6, 6.07) is 9.42. The lowest BCUT2D eigenvalue weighted by Gasteiger charge is -2.46. The summed E-state index contributed by atoms with van der Waals surface area (Å²) in [6.07, 6.45) is 3.11. The number of aromatic nitrogens is 5. The van der Waals surface area contributed by atoms with E-state index in [0.717, 1.165) is 17.1 Å². The van der Waals surface area contributed by atoms with Gasteiger partial charge in [-0.3, -0.25) is 0 Å². The molecule has 0 atom stereocenters. The van der Waals surface area contributed by atoms with Crippen molar-refractivity contribution in [2.45, 2.75) is 5.60 Å². The first kappa shape index (κ1) is 15.0. The zero-order chi connectivity index (χ0) is 16.7. The highest BCUT2D eigenvalue weighted by Gasteiger charge is 2.45. The molecule has 4 rings (SSSR count). The lowest BCUT2D eigenvalue weighted by Crippen LogP contribution is -2.60. The lowest BCUT2D eigenvalue weighted by atomic mass is 9.90. The first-order chi connectivity index (χ1) is 11.5. The maximum absolute atomic E-state index is 10.7. The van der Waals surface area contributed by atoms with Gasteiger partial charge in [0, 0.05) is 23.7 Å². The van der Waals surface area contributed by atoms with Gasteiger partial charge in [0.15, 0.2) is 0 Å². The summed E-state index contributed by atoms with van der Waals surface area (Å²) < 4.78 is 1.59. The molecule has 0 radical (unpaired) electrons. The summed E-state index contributed by atoms with van der Waals surface area (Å²) in [5, 5.41) is 19.1. The number of β-amino-alcohol motifs (C(OH)–C–C–N with tert-alkyl or cyclic N) is 1. The van der Waals surface area contributed by atoms with Crippen molar-refractivity contribution in [2.24, 2.45) is 7.05 Å². The van der Waals surface area contributed by atoms with Crippen LogP contribution in [0.3, 0.4) is 0 Å². The van der Waals surface area contributed by atoms with Crippen molar-refractivity contribution in [3.8, 4) is 11.3 Å². The molecule has 1 aromatic carbocycles. The standard InChI is InChI=1S/C16H15ClN6O/c1-22-14(7-20-21-22)16(24)8-23(9-16)15-6-13(18-10-19-15)11-3-2-4-12(17)5-11/h2-7,10,24H,8-9H2,1H3. The van der Waals surface area contributed by atoms with Crippen LogP contribution in [0, 0.1) is 0 Å².